The summed E-state index contributed by atoms with van der Waals surface area (Å²) in [6.07, 6.45) is 2.27. The van der Waals surface area contributed by atoms with E-state index in [0.717, 1.165) is 12.8 Å². The lowest BCUT2D eigenvalue weighted by molar-refractivity contribution is 0.637. The topological polar surface area (TPSA) is 12.0 Å². The van der Waals surface area contributed by atoms with E-state index in [1.54, 1.807) is 0 Å². The third kappa shape index (κ3) is 2.32. The van der Waals surface area contributed by atoms with Crippen molar-refractivity contribution < 1.29 is 0 Å². The van der Waals surface area contributed by atoms with Crippen molar-refractivity contribution >= 4 is 21.5 Å². The highest BCUT2D eigenvalue weighted by atomic mass is 79.9. The van der Waals surface area contributed by atoms with Crippen LogP contribution < -0.4 is 5.32 Å². The monoisotopic (exact) mass is 279 g/mol. The molecule has 0 saturated carbocycles. The van der Waals surface area contributed by atoms with E-state index in [0.29, 0.717) is 6.04 Å². The summed E-state index contributed by atoms with van der Waals surface area (Å²) in [5, 5.41) is 3.55. The molecular formula is C14H18BrN. The maximum Gasteiger partial charge on any atom is 0.0201 e. The zero-order valence-corrected chi connectivity index (χ0v) is 11.7. The van der Waals surface area contributed by atoms with Gasteiger partial charge in [-0.1, -0.05) is 22.0 Å². The van der Waals surface area contributed by atoms with E-state index in [-0.39, 0.29) is 0 Å². The maximum atomic E-state index is 3.55. The molecule has 0 aliphatic heterocycles. The lowest BCUT2D eigenvalue weighted by Gasteiger charge is -2.24. The zero-order valence-electron chi connectivity index (χ0n) is 10.1. The molecule has 0 heterocycles. The molecule has 0 radical (unpaired) electrons. The normalized spacial score (nSPS) is 15.3. The van der Waals surface area contributed by atoms with Crippen LogP contribution in [-0.2, 0) is 6.42 Å². The molecule has 1 N–H and O–H groups in total. The Hall–Kier alpha value is -0.760. The van der Waals surface area contributed by atoms with Gasteiger partial charge in [-0.3, -0.25) is 0 Å². The van der Waals surface area contributed by atoms with Crippen LogP contribution in [0.3, 0.4) is 0 Å². The Balaban J connectivity index is 2.38. The van der Waals surface area contributed by atoms with Gasteiger partial charge in [0.05, 0.1) is 0 Å². The van der Waals surface area contributed by atoms with Crippen LogP contribution in [0.2, 0.25) is 0 Å². The van der Waals surface area contributed by atoms with Gasteiger partial charge < -0.3 is 5.32 Å². The van der Waals surface area contributed by atoms with Crippen molar-refractivity contribution in [1.29, 1.82) is 0 Å². The smallest absolute Gasteiger partial charge is 0.0201 e. The standard InChI is InChI=1S/C14H18BrN/c1-9(2)16-14-7-4-11-8-12(15)5-6-13(11)10(14)3/h5-6,8-9,16H,4,7H2,1-3H3. The predicted octanol–water partition coefficient (Wildman–Crippen LogP) is 4.12. The molecule has 0 spiro atoms. The number of nitrogens with one attached hydrogen (secondary N) is 1. The number of fused-ring (bicyclic) bond motifs is 1. The summed E-state index contributed by atoms with van der Waals surface area (Å²) in [5.74, 6) is 0. The van der Waals surface area contributed by atoms with Crippen LogP contribution in [0, 0.1) is 0 Å². The first kappa shape index (κ1) is 11.7. The molecule has 16 heavy (non-hydrogen) atoms. The van der Waals surface area contributed by atoms with Gasteiger partial charge in [0.25, 0.3) is 0 Å². The van der Waals surface area contributed by atoms with E-state index in [4.69, 9.17) is 0 Å². The molecule has 1 aliphatic rings. The fourth-order valence-electron chi connectivity index (χ4n) is 2.27. The largest absolute Gasteiger partial charge is 0.386 e. The van der Waals surface area contributed by atoms with Gasteiger partial charge in [-0.15, -0.1) is 0 Å². The summed E-state index contributed by atoms with van der Waals surface area (Å²) in [5.41, 5.74) is 5.67. The number of aryl methyl sites for hydroxylation is 1. The second kappa shape index (κ2) is 4.62. The molecule has 0 aromatic heterocycles. The number of rotatable bonds is 2. The average molecular weight is 280 g/mol. The minimum absolute atomic E-state index is 0.516. The Morgan fingerprint density at radius 1 is 1.25 bits per heavy atom. The quantitative estimate of drug-likeness (QED) is 0.859. The summed E-state index contributed by atoms with van der Waals surface area (Å²) < 4.78 is 1.18. The molecule has 86 valence electrons. The van der Waals surface area contributed by atoms with Crippen LogP contribution in [0.15, 0.2) is 28.4 Å². The highest BCUT2D eigenvalue weighted by Crippen LogP contribution is 2.31. The molecule has 1 aromatic carbocycles. The van der Waals surface area contributed by atoms with Gasteiger partial charge in [0.2, 0.25) is 0 Å². The third-order valence-corrected chi connectivity index (χ3v) is 3.52. The summed E-state index contributed by atoms with van der Waals surface area (Å²) >= 11 is 3.53. The molecule has 1 nitrogen and oxygen atoms in total. The summed E-state index contributed by atoms with van der Waals surface area (Å²) in [4.78, 5) is 0. The first-order valence-corrected chi connectivity index (χ1v) is 6.62. The Labute approximate surface area is 106 Å². The van der Waals surface area contributed by atoms with Crippen LogP contribution in [0.1, 0.15) is 38.3 Å². The lowest BCUT2D eigenvalue weighted by atomic mass is 9.89. The first-order chi connectivity index (χ1) is 7.58. The molecule has 0 saturated heterocycles. The van der Waals surface area contributed by atoms with Crippen molar-refractivity contribution in [1.82, 2.24) is 5.32 Å². The third-order valence-electron chi connectivity index (χ3n) is 3.03. The van der Waals surface area contributed by atoms with Crippen molar-refractivity contribution in [2.75, 3.05) is 0 Å². The molecule has 0 fully saturated rings. The van der Waals surface area contributed by atoms with Crippen LogP contribution in [-0.4, -0.2) is 6.04 Å². The van der Waals surface area contributed by atoms with E-state index in [1.807, 2.05) is 0 Å². The SMILES string of the molecule is CC1=C(NC(C)C)CCc2cc(Br)ccc21. The molecule has 0 unspecified atom stereocenters. The number of hydrogen-bond acceptors (Lipinski definition) is 1. The highest BCUT2D eigenvalue weighted by Gasteiger charge is 2.16. The first-order valence-electron chi connectivity index (χ1n) is 5.83. The molecule has 2 rings (SSSR count). The van der Waals surface area contributed by atoms with Crippen molar-refractivity contribution in [3.05, 3.63) is 39.5 Å². The van der Waals surface area contributed by atoms with Gasteiger partial charge in [0, 0.05) is 16.2 Å². The van der Waals surface area contributed by atoms with E-state index in [1.165, 1.54) is 26.9 Å². The Morgan fingerprint density at radius 3 is 2.69 bits per heavy atom. The van der Waals surface area contributed by atoms with Gasteiger partial charge >= 0.3 is 0 Å². The van der Waals surface area contributed by atoms with Gasteiger partial charge in [0.1, 0.15) is 0 Å². The van der Waals surface area contributed by atoms with E-state index in [2.05, 4.69) is 60.2 Å². The summed E-state index contributed by atoms with van der Waals surface area (Å²) in [6.45, 7) is 6.60. The number of halogens is 1. The second-order valence-electron chi connectivity index (χ2n) is 4.70. The van der Waals surface area contributed by atoms with E-state index < -0.39 is 0 Å². The van der Waals surface area contributed by atoms with Gasteiger partial charge in [-0.05, 0) is 62.4 Å². The number of benzene rings is 1. The van der Waals surface area contributed by atoms with Crippen LogP contribution in [0.4, 0.5) is 0 Å². The fourth-order valence-corrected chi connectivity index (χ4v) is 2.68. The average Bonchev–Trinajstić information content (AvgIpc) is 2.22. The predicted molar refractivity (Wildman–Crippen MR) is 73.3 cm³/mol. The summed E-state index contributed by atoms with van der Waals surface area (Å²) in [7, 11) is 0. The van der Waals surface area contributed by atoms with Crippen molar-refractivity contribution in [3.63, 3.8) is 0 Å². The van der Waals surface area contributed by atoms with Crippen LogP contribution in [0.5, 0.6) is 0 Å². The van der Waals surface area contributed by atoms with Gasteiger partial charge in [-0.2, -0.15) is 0 Å². The fraction of sp³-hybridized carbons (Fsp3) is 0.429. The van der Waals surface area contributed by atoms with Crippen molar-refractivity contribution in [3.8, 4) is 0 Å². The van der Waals surface area contributed by atoms with E-state index in [9.17, 15) is 0 Å². The molecule has 0 atom stereocenters. The van der Waals surface area contributed by atoms with Crippen LogP contribution in [0.25, 0.3) is 5.57 Å². The Bertz CT molecular complexity index is 432. The zero-order chi connectivity index (χ0) is 11.7. The molecule has 0 amide bonds. The van der Waals surface area contributed by atoms with Gasteiger partial charge in [-0.25, -0.2) is 0 Å². The van der Waals surface area contributed by atoms with Crippen molar-refractivity contribution in [2.45, 2.75) is 39.7 Å². The van der Waals surface area contributed by atoms with E-state index >= 15 is 0 Å². The number of hydrogen-bond donors (Lipinski definition) is 1. The number of allylic oxidation sites excluding steroid dienone is 2. The molecule has 1 aromatic rings. The molecular weight excluding hydrogens is 262 g/mol. The molecule has 1 aliphatic carbocycles. The highest BCUT2D eigenvalue weighted by molar-refractivity contribution is 9.10. The van der Waals surface area contributed by atoms with Gasteiger partial charge in [0.15, 0.2) is 0 Å². The van der Waals surface area contributed by atoms with Crippen LogP contribution >= 0.6 is 15.9 Å². The summed E-state index contributed by atoms with van der Waals surface area (Å²) in [6, 6.07) is 7.10. The Kier molecular flexibility index (Phi) is 3.38. The molecule has 2 heteroatoms. The Morgan fingerprint density at radius 2 is 2.00 bits per heavy atom. The van der Waals surface area contributed by atoms with Crippen molar-refractivity contribution in [2.24, 2.45) is 0 Å². The molecule has 0 bridgehead atoms. The maximum absolute atomic E-state index is 3.55. The minimum atomic E-state index is 0.516. The lowest BCUT2D eigenvalue weighted by Crippen LogP contribution is -2.25. The second-order valence-corrected chi connectivity index (χ2v) is 5.62. The minimum Gasteiger partial charge on any atom is -0.386 e.